The second-order valence-corrected chi connectivity index (χ2v) is 6.56. The van der Waals surface area contributed by atoms with Crippen LogP contribution in [0.4, 0.5) is 0 Å². The van der Waals surface area contributed by atoms with Gasteiger partial charge in [0.1, 0.15) is 5.84 Å². The highest BCUT2D eigenvalue weighted by Crippen LogP contribution is 2.41. The largest absolute Gasteiger partial charge is 0.503 e. The SMILES string of the molecule is C/N=C(/CC1(C)CCCC1)N1CCN(C)C(=O)/C1=C(\O)C=O. The first kappa shape index (κ1) is 16.5. The van der Waals surface area contributed by atoms with Crippen molar-refractivity contribution >= 4 is 18.0 Å². The number of aldehydes is 1. The Morgan fingerprint density at radius 1 is 1.36 bits per heavy atom. The quantitative estimate of drug-likeness (QED) is 0.283. The van der Waals surface area contributed by atoms with E-state index in [1.54, 1.807) is 19.0 Å². The summed E-state index contributed by atoms with van der Waals surface area (Å²) >= 11 is 0. The normalized spacial score (nSPS) is 24.7. The van der Waals surface area contributed by atoms with Gasteiger partial charge >= 0.3 is 0 Å². The van der Waals surface area contributed by atoms with Gasteiger partial charge < -0.3 is 14.9 Å². The van der Waals surface area contributed by atoms with Gasteiger partial charge in [-0.15, -0.1) is 0 Å². The van der Waals surface area contributed by atoms with Crippen molar-refractivity contribution in [2.75, 3.05) is 27.2 Å². The number of amidine groups is 1. The molecule has 0 aromatic rings. The maximum Gasteiger partial charge on any atom is 0.274 e. The molecule has 2 rings (SSSR count). The zero-order valence-corrected chi connectivity index (χ0v) is 13.6. The van der Waals surface area contributed by atoms with Crippen molar-refractivity contribution in [2.24, 2.45) is 10.4 Å². The first-order valence-corrected chi connectivity index (χ1v) is 7.79. The van der Waals surface area contributed by atoms with Gasteiger partial charge in [0.15, 0.2) is 17.7 Å². The number of carbonyl (C=O) groups is 2. The minimum absolute atomic E-state index is 0.0472. The van der Waals surface area contributed by atoms with E-state index in [0.717, 1.165) is 25.1 Å². The van der Waals surface area contributed by atoms with Gasteiger partial charge in [0.05, 0.1) is 0 Å². The Morgan fingerprint density at radius 2 is 2.00 bits per heavy atom. The van der Waals surface area contributed by atoms with Gasteiger partial charge in [-0.25, -0.2) is 0 Å². The molecule has 0 atom stereocenters. The van der Waals surface area contributed by atoms with Gasteiger partial charge in [0.25, 0.3) is 5.91 Å². The first-order valence-electron chi connectivity index (χ1n) is 7.79. The fourth-order valence-corrected chi connectivity index (χ4v) is 3.40. The average Bonchev–Trinajstić information content (AvgIpc) is 2.93. The highest BCUT2D eigenvalue weighted by molar-refractivity contribution is 6.02. The van der Waals surface area contributed by atoms with Crippen molar-refractivity contribution in [3.05, 3.63) is 11.5 Å². The molecule has 6 nitrogen and oxygen atoms in total. The summed E-state index contributed by atoms with van der Waals surface area (Å²) in [4.78, 5) is 30.9. The molecule has 0 unspecified atom stereocenters. The lowest BCUT2D eigenvalue weighted by molar-refractivity contribution is -0.129. The molecule has 1 amide bonds. The van der Waals surface area contributed by atoms with E-state index >= 15 is 0 Å². The molecule has 6 heteroatoms. The van der Waals surface area contributed by atoms with Gasteiger partial charge in [0.2, 0.25) is 0 Å². The van der Waals surface area contributed by atoms with E-state index in [2.05, 4.69) is 11.9 Å². The molecule has 0 aromatic heterocycles. The van der Waals surface area contributed by atoms with Crippen LogP contribution in [0.2, 0.25) is 0 Å². The summed E-state index contributed by atoms with van der Waals surface area (Å²) in [6.07, 6.45) is 5.81. The van der Waals surface area contributed by atoms with Crippen LogP contribution in [0.1, 0.15) is 39.0 Å². The fraction of sp³-hybridized carbons (Fsp3) is 0.688. The zero-order valence-electron chi connectivity index (χ0n) is 13.6. The molecule has 0 radical (unpaired) electrons. The minimum Gasteiger partial charge on any atom is -0.503 e. The van der Waals surface area contributed by atoms with Crippen LogP contribution in [0, 0.1) is 5.41 Å². The molecular formula is C16H25N3O3. The number of hydrogen-bond acceptors (Lipinski definition) is 4. The van der Waals surface area contributed by atoms with E-state index < -0.39 is 5.76 Å². The predicted octanol–water partition coefficient (Wildman–Crippen LogP) is 1.73. The lowest BCUT2D eigenvalue weighted by atomic mass is 9.84. The monoisotopic (exact) mass is 307 g/mol. The number of nitrogens with zero attached hydrogens (tertiary/aromatic N) is 3. The maximum absolute atomic E-state index is 12.3. The number of aliphatic imine (C=N–C) groups is 1. The first-order chi connectivity index (χ1) is 10.4. The van der Waals surface area contributed by atoms with E-state index in [-0.39, 0.29) is 17.0 Å². The van der Waals surface area contributed by atoms with Crippen molar-refractivity contribution in [1.29, 1.82) is 0 Å². The molecule has 122 valence electrons. The number of aliphatic hydroxyl groups excluding tert-OH is 1. The van der Waals surface area contributed by atoms with Crippen LogP contribution >= 0.6 is 0 Å². The molecular weight excluding hydrogens is 282 g/mol. The van der Waals surface area contributed by atoms with E-state index in [1.807, 2.05) is 0 Å². The summed E-state index contributed by atoms with van der Waals surface area (Å²) in [5.41, 5.74) is 0.231. The van der Waals surface area contributed by atoms with Crippen LogP contribution in [-0.2, 0) is 9.59 Å². The lowest BCUT2D eigenvalue weighted by Gasteiger charge is -2.38. The Hall–Kier alpha value is -1.85. The lowest BCUT2D eigenvalue weighted by Crippen LogP contribution is -2.50. The van der Waals surface area contributed by atoms with Crippen molar-refractivity contribution in [3.63, 3.8) is 0 Å². The summed E-state index contributed by atoms with van der Waals surface area (Å²) in [5, 5.41) is 9.88. The Bertz CT molecular complexity index is 519. The third kappa shape index (κ3) is 3.15. The van der Waals surface area contributed by atoms with Crippen LogP contribution in [0.15, 0.2) is 16.4 Å². The van der Waals surface area contributed by atoms with Crippen LogP contribution < -0.4 is 0 Å². The van der Waals surface area contributed by atoms with Crippen LogP contribution in [0.25, 0.3) is 0 Å². The summed E-state index contributed by atoms with van der Waals surface area (Å²) in [6.45, 7) is 3.33. The van der Waals surface area contributed by atoms with Crippen LogP contribution in [0.3, 0.4) is 0 Å². The molecule has 1 N–H and O–H groups in total. The number of amides is 1. The van der Waals surface area contributed by atoms with Crippen LogP contribution in [0.5, 0.6) is 0 Å². The third-order valence-corrected chi connectivity index (χ3v) is 4.80. The number of allylic oxidation sites excluding steroid dienone is 1. The number of piperazine rings is 1. The third-order valence-electron chi connectivity index (χ3n) is 4.80. The van der Waals surface area contributed by atoms with Gasteiger partial charge in [-0.2, -0.15) is 0 Å². The molecule has 1 saturated heterocycles. The Morgan fingerprint density at radius 3 is 2.55 bits per heavy atom. The van der Waals surface area contributed by atoms with Crippen molar-refractivity contribution in [1.82, 2.24) is 9.80 Å². The van der Waals surface area contributed by atoms with E-state index in [9.17, 15) is 14.7 Å². The Balaban J connectivity index is 2.30. The second kappa shape index (κ2) is 6.50. The van der Waals surface area contributed by atoms with Gasteiger partial charge in [0, 0.05) is 33.6 Å². The maximum atomic E-state index is 12.3. The molecule has 2 fully saturated rings. The molecule has 1 aliphatic carbocycles. The number of rotatable bonds is 3. The molecule has 0 spiro atoms. The molecule has 0 aromatic carbocycles. The zero-order chi connectivity index (χ0) is 16.3. The Kier molecular flexibility index (Phi) is 4.88. The predicted molar refractivity (Wildman–Crippen MR) is 84.6 cm³/mol. The van der Waals surface area contributed by atoms with Crippen molar-refractivity contribution in [3.8, 4) is 0 Å². The summed E-state index contributed by atoms with van der Waals surface area (Å²) in [6, 6.07) is 0. The van der Waals surface area contributed by atoms with E-state index in [4.69, 9.17) is 0 Å². The van der Waals surface area contributed by atoms with Gasteiger partial charge in [-0.1, -0.05) is 19.8 Å². The summed E-state index contributed by atoms with van der Waals surface area (Å²) in [5.74, 6) is -0.0860. The smallest absolute Gasteiger partial charge is 0.274 e. The standard InChI is InChI=1S/C16H25N3O3/c1-16(6-4-5-7-16)10-13(17-2)19-9-8-18(3)15(22)14(19)12(21)11-20/h11,21H,4-10H2,1-3H3/b14-12+,17-13-. The van der Waals surface area contributed by atoms with Crippen molar-refractivity contribution in [2.45, 2.75) is 39.0 Å². The number of aliphatic hydroxyl groups is 1. The number of likely N-dealkylation sites (N-methyl/N-ethyl adjacent to an activating group) is 1. The average molecular weight is 307 g/mol. The highest BCUT2D eigenvalue weighted by atomic mass is 16.3. The highest BCUT2D eigenvalue weighted by Gasteiger charge is 2.36. The van der Waals surface area contributed by atoms with Gasteiger partial charge in [-0.05, 0) is 18.3 Å². The van der Waals surface area contributed by atoms with E-state index in [0.29, 0.717) is 19.4 Å². The molecule has 22 heavy (non-hydrogen) atoms. The topological polar surface area (TPSA) is 73.2 Å². The van der Waals surface area contributed by atoms with Crippen LogP contribution in [-0.4, -0.2) is 60.1 Å². The van der Waals surface area contributed by atoms with Crippen molar-refractivity contribution < 1.29 is 14.7 Å². The summed E-state index contributed by atoms with van der Waals surface area (Å²) in [7, 11) is 3.37. The summed E-state index contributed by atoms with van der Waals surface area (Å²) < 4.78 is 0. The fourth-order valence-electron chi connectivity index (χ4n) is 3.40. The molecule has 0 bridgehead atoms. The number of carbonyl (C=O) groups excluding carboxylic acids is 2. The van der Waals surface area contributed by atoms with E-state index in [1.165, 1.54) is 17.7 Å². The molecule has 1 heterocycles. The second-order valence-electron chi connectivity index (χ2n) is 6.56. The number of hydrogen-bond donors (Lipinski definition) is 1. The molecule has 2 aliphatic rings. The molecule has 1 aliphatic heterocycles. The Labute approximate surface area is 131 Å². The minimum atomic E-state index is -0.519. The van der Waals surface area contributed by atoms with Gasteiger partial charge in [-0.3, -0.25) is 14.6 Å². The molecule has 1 saturated carbocycles.